The van der Waals surface area contributed by atoms with Crippen molar-refractivity contribution in [1.29, 1.82) is 0 Å². The number of aliphatic hydroxyl groups excluding tert-OH is 1. The van der Waals surface area contributed by atoms with Gasteiger partial charge >= 0.3 is 34.1 Å². The summed E-state index contributed by atoms with van der Waals surface area (Å²) in [7, 11) is -14.0. The fraction of sp³-hybridized carbons (Fsp3) is 0.586. The minimum Gasteiger partial charge on any atom is -0.780 e. The molecule has 6 saturated heterocycles. The fourth-order valence-corrected chi connectivity index (χ4v) is 19.2. The molecule has 0 amide bonds. The summed E-state index contributed by atoms with van der Waals surface area (Å²) in [6.07, 6.45) is -40.6. The third-order valence-corrected chi connectivity index (χ3v) is 24.9. The van der Waals surface area contributed by atoms with E-state index in [1.807, 2.05) is 9.97 Å². The van der Waals surface area contributed by atoms with Crippen molar-refractivity contribution in [3.63, 3.8) is 0 Å². The Kier molecular flexibility index (Phi) is 28.6. The standard InChI is InChI=1S/C58H77F2N16O37P5S2/c1-23-38(44(95-3)50(103-23)74-14-8-31(63)67-55(74)82)109-114(86,87)98-19-25-39(35(59)47(105-25)71-12-6-29(61)65-53(71)80)110-115(88,89)100-21-27-41(45(96-4)51(107-27)76-17-11-34(78)70-58(76)85)111-116(90,91)99-20-26-40(36(60)48(106-26)72-16-10-33(77)69-57(72)84)112-117(92,119)102-22-28-42(46(97-5)52(108-28)75-15-9-32(64)68-56(75)83)113-118(93,120)101-18-24-37(79)43(94-2)49(104-24)73-13-7-30(62)66-54(73)81/h6-17,23-28,35-52,79H,18-22H2,1-5H3,(H,86,87)(H,88,89)(H,90,91)(H,92,119)(H,93,120)(H2,61,65,80)(H2,62,66,81)(H2,63,67,82)(H2,64,68,83)(H,69,77,84)(H,70,78,85)/p-5/t23-,24-,25-,26-,27-,28-,35+,36+,37?,38?,39?,40?,41?,42?,43+,44+,45+,46+,47-,48-,49-,50-,51-,52-,117?,118?/m1/s1. The monoisotopic (exact) mass is 1840 g/mol. The molecule has 0 bridgehead atoms. The number of ether oxygens (including phenoxy) is 10. The van der Waals surface area contributed by atoms with Gasteiger partial charge in [-0.3, -0.25) is 65.2 Å². The van der Waals surface area contributed by atoms with Crippen LogP contribution in [0.1, 0.15) is 44.3 Å². The highest BCUT2D eigenvalue weighted by Crippen LogP contribution is 2.55. The van der Waals surface area contributed by atoms with Crippen LogP contribution >= 0.6 is 37.0 Å². The van der Waals surface area contributed by atoms with E-state index in [1.165, 1.54) is 38.6 Å². The molecule has 6 aromatic heterocycles. The van der Waals surface area contributed by atoms with Crippen LogP contribution < -0.4 is 87.8 Å². The number of hydrogen-bond acceptors (Lipinski definition) is 47. The van der Waals surface area contributed by atoms with Crippen molar-refractivity contribution in [2.24, 2.45) is 0 Å². The predicted molar refractivity (Wildman–Crippen MR) is 389 cm³/mol. The van der Waals surface area contributed by atoms with E-state index < -0.39 is 263 Å². The first-order valence-electron chi connectivity index (χ1n) is 34.7. The Balaban J connectivity index is 0.762. The lowest BCUT2D eigenvalue weighted by Gasteiger charge is -2.35. The molecule has 6 fully saturated rings. The van der Waals surface area contributed by atoms with Crippen molar-refractivity contribution < 1.29 is 144 Å². The number of nitrogen functional groups attached to an aromatic ring is 4. The van der Waals surface area contributed by atoms with Gasteiger partial charge in [0.05, 0.1) is 39.1 Å². The number of alkyl halides is 2. The maximum absolute atomic E-state index is 17.2. The number of aromatic nitrogens is 12. The number of aromatic amines is 2. The van der Waals surface area contributed by atoms with Crippen LogP contribution in [0.5, 0.6) is 0 Å². The summed E-state index contributed by atoms with van der Waals surface area (Å²) in [5.74, 6) is -0.971. The van der Waals surface area contributed by atoms with Gasteiger partial charge in [-0.15, -0.1) is 0 Å². The molecule has 662 valence electrons. The first-order valence-corrected chi connectivity index (χ1v) is 44.2. The topological polar surface area (TPSA) is 719 Å². The van der Waals surface area contributed by atoms with Crippen molar-refractivity contribution >= 4 is 84.3 Å². The van der Waals surface area contributed by atoms with Gasteiger partial charge in [0.15, 0.2) is 56.5 Å². The zero-order chi connectivity index (χ0) is 87.2. The van der Waals surface area contributed by atoms with Crippen LogP contribution in [-0.4, -0.2) is 234 Å². The normalized spacial score (nSPS) is 33.2. The number of hydrogen-bond donors (Lipinski definition) is 7. The van der Waals surface area contributed by atoms with Crippen molar-refractivity contribution in [3.8, 4) is 0 Å². The molecule has 0 radical (unpaired) electrons. The molecule has 12 heterocycles. The van der Waals surface area contributed by atoms with Crippen molar-refractivity contribution in [2.45, 2.75) is 154 Å². The molecule has 0 aliphatic carbocycles. The van der Waals surface area contributed by atoms with Crippen LogP contribution in [0.3, 0.4) is 0 Å². The zero-order valence-electron chi connectivity index (χ0n) is 62.1. The molecule has 6 aliphatic heterocycles. The van der Waals surface area contributed by atoms with Gasteiger partial charge < -0.3 is 152 Å². The van der Waals surface area contributed by atoms with Crippen LogP contribution in [0, 0.1) is 0 Å². The largest absolute Gasteiger partial charge is 0.780 e. The Morgan fingerprint density at radius 2 is 0.725 bits per heavy atom. The van der Waals surface area contributed by atoms with Gasteiger partial charge in [0.1, 0.15) is 122 Å². The highest BCUT2D eigenvalue weighted by atomic mass is 32.7. The summed E-state index contributed by atoms with van der Waals surface area (Å²) in [6.45, 7) is -15.5. The molecule has 12 rings (SSSR count). The van der Waals surface area contributed by atoms with E-state index in [-0.39, 0.29) is 23.3 Å². The lowest BCUT2D eigenvalue weighted by atomic mass is 10.1. The molecule has 120 heavy (non-hydrogen) atoms. The molecule has 62 heteroatoms. The van der Waals surface area contributed by atoms with E-state index in [0.717, 1.165) is 84.1 Å². The number of phosphoric ester groups is 3. The average Bonchev–Trinajstić information content (AvgIpc) is 1.64. The Hall–Kier alpha value is -7.14. The summed E-state index contributed by atoms with van der Waals surface area (Å²) in [5, 5.41) is 11.2. The zero-order valence-corrected chi connectivity index (χ0v) is 68.2. The summed E-state index contributed by atoms with van der Waals surface area (Å²) >= 11 is 10.5. The third kappa shape index (κ3) is 20.8. The molecule has 6 aromatic rings. The number of nitrogens with zero attached hydrogens (tertiary/aromatic N) is 10. The second-order valence-corrected chi connectivity index (χ2v) is 36.0. The Labute approximate surface area is 679 Å². The minimum absolute atomic E-state index is 0.150. The quantitative estimate of drug-likeness (QED) is 0.0144. The number of nitrogens with one attached hydrogen (secondary N) is 2. The first-order chi connectivity index (χ1) is 56.5. The molecule has 11 N–H and O–H groups in total. The number of H-pyrrole nitrogens is 2. The van der Waals surface area contributed by atoms with E-state index in [0.29, 0.717) is 13.7 Å². The fourth-order valence-electron chi connectivity index (χ4n) is 13.5. The molecule has 53 nitrogen and oxygen atoms in total. The second-order valence-electron chi connectivity index (χ2n) is 26.5. The van der Waals surface area contributed by atoms with E-state index in [9.17, 15) is 81.3 Å². The smallest absolute Gasteiger partial charge is 0.351 e. The van der Waals surface area contributed by atoms with Gasteiger partial charge in [-0.25, -0.2) is 37.5 Å². The average molecular weight is 1840 g/mol. The number of nitrogens with two attached hydrogens (primary N) is 4. The van der Waals surface area contributed by atoms with Crippen LogP contribution in [-0.2, 0) is 135 Å². The van der Waals surface area contributed by atoms with Gasteiger partial charge in [0, 0.05) is 77.8 Å². The summed E-state index contributed by atoms with van der Waals surface area (Å²) in [5.41, 5.74) is 13.8. The number of phosphoric acid groups is 3. The number of aliphatic hydroxyl groups is 1. The summed E-state index contributed by atoms with van der Waals surface area (Å²) in [4.78, 5) is 178. The third-order valence-electron chi connectivity index (χ3n) is 18.9. The van der Waals surface area contributed by atoms with Gasteiger partial charge in [-0.05, 0) is 31.2 Å². The van der Waals surface area contributed by atoms with Crippen LogP contribution in [0.15, 0.2) is 112 Å². The predicted octanol–water partition coefficient (Wildman–Crippen LogP) is -6.40. The summed E-state index contributed by atoms with van der Waals surface area (Å²) < 4.78 is 206. The molecule has 11 unspecified atom stereocenters. The van der Waals surface area contributed by atoms with Gasteiger partial charge in [-0.1, -0.05) is 11.8 Å². The van der Waals surface area contributed by atoms with Crippen LogP contribution in [0.2, 0.25) is 0 Å². The SMILES string of the molecule is CO[C@H]1C(OP(=O)([O-])OC[C@H]2O[C@@H](n3ccc(N)nc3=O)[C@@H](F)C2OP(=O)([O-])OC[C@H]2O[C@@H](n3ccc(=O)[nH]c3=O)[C@@H](OC)C2OP(=O)([O-])OC[C@H]2O[C@@H](n3ccc(=O)[nH]c3=O)[C@@H](F)C2OP([O-])(=S)OC[C@H]2O[C@@H](n3ccc(N)nc3=O)[C@@H](OC)C2OP(=O)([S-])OC[C@H]2O[C@@H](n3ccc(N)nc3=O)[C@@H](OC)C2O)[C@@H](C)O[C@H]1n1ccc(N)nc1=O. The number of rotatable bonds is 35. The highest BCUT2D eigenvalue weighted by molar-refractivity contribution is 8.32. The molecular weight excluding hydrogens is 1770 g/mol. The molecule has 0 saturated carbocycles. The van der Waals surface area contributed by atoms with Crippen LogP contribution in [0.4, 0.5) is 32.1 Å². The number of methoxy groups -OCH3 is 4. The Morgan fingerprint density at radius 3 is 1.14 bits per heavy atom. The van der Waals surface area contributed by atoms with E-state index >= 15 is 8.78 Å². The second kappa shape index (κ2) is 37.3. The number of anilines is 4. The van der Waals surface area contributed by atoms with Crippen LogP contribution in [0.25, 0.3) is 0 Å². The van der Waals surface area contributed by atoms with Gasteiger partial charge in [0.25, 0.3) is 34.6 Å². The molecule has 0 spiro atoms. The van der Waals surface area contributed by atoms with Gasteiger partial charge in [-0.2, -0.15) is 19.9 Å². The maximum atomic E-state index is 17.2. The van der Waals surface area contributed by atoms with E-state index in [4.69, 9.17) is 140 Å². The molecule has 0 aromatic carbocycles. The molecule has 6 aliphatic rings. The molecule has 29 atom stereocenters. The lowest BCUT2D eigenvalue weighted by molar-refractivity contribution is -0.240. The molecular formula is C58H72F2N16O37P5S2-5. The van der Waals surface area contributed by atoms with Crippen molar-refractivity contribution in [1.82, 2.24) is 57.3 Å². The minimum atomic E-state index is -6.24. The Bertz CT molecular complexity index is 5490. The first kappa shape index (κ1) is 92.1. The van der Waals surface area contributed by atoms with Crippen molar-refractivity contribution in [3.05, 3.63) is 157 Å². The number of halogens is 2. The lowest BCUT2D eigenvalue weighted by Crippen LogP contribution is -2.41. The van der Waals surface area contributed by atoms with E-state index in [2.05, 4.69) is 19.9 Å². The van der Waals surface area contributed by atoms with Crippen molar-refractivity contribution in [2.75, 3.05) is 84.4 Å². The highest BCUT2D eigenvalue weighted by Gasteiger charge is 2.56. The maximum Gasteiger partial charge on any atom is 0.351 e. The Morgan fingerprint density at radius 1 is 0.425 bits per heavy atom. The summed E-state index contributed by atoms with van der Waals surface area (Å²) in [6, 6.07) is 6.13. The van der Waals surface area contributed by atoms with Gasteiger partial charge in [0.2, 0.25) is 0 Å². The van der Waals surface area contributed by atoms with E-state index in [1.54, 1.807) is 0 Å².